The highest BCUT2D eigenvalue weighted by Crippen LogP contribution is 2.42. The van der Waals surface area contributed by atoms with Crippen molar-refractivity contribution in [3.63, 3.8) is 0 Å². The van der Waals surface area contributed by atoms with E-state index in [0.717, 1.165) is 30.5 Å². The predicted molar refractivity (Wildman–Crippen MR) is 130 cm³/mol. The van der Waals surface area contributed by atoms with E-state index in [-0.39, 0.29) is 22.6 Å². The first-order valence-electron chi connectivity index (χ1n) is 11.2. The van der Waals surface area contributed by atoms with Crippen molar-refractivity contribution in [2.75, 3.05) is 5.32 Å². The lowest BCUT2D eigenvalue weighted by atomic mass is 10.1. The summed E-state index contributed by atoms with van der Waals surface area (Å²) in [5.41, 5.74) is -2.43. The normalized spacial score (nSPS) is 13.7. The molecule has 3 unspecified atom stereocenters. The molecule has 1 aromatic heterocycles. The minimum absolute atomic E-state index is 0.0184. The average molecular weight is 606 g/mol. The van der Waals surface area contributed by atoms with Crippen LogP contribution >= 0.6 is 11.6 Å². The van der Waals surface area contributed by atoms with Gasteiger partial charge in [0.2, 0.25) is 0 Å². The molecule has 0 aliphatic carbocycles. The number of nitrogens with one attached hydrogen (secondary N) is 1. The number of carbonyl (C=O) groups excluding carboxylic acids is 1. The Kier molecular flexibility index (Phi) is 9.54. The van der Waals surface area contributed by atoms with Gasteiger partial charge in [-0.15, -0.1) is 0 Å². The molecule has 0 aliphatic heterocycles. The number of aliphatic hydroxyl groups is 3. The number of aliphatic hydroxyl groups excluding tert-OH is 3. The van der Waals surface area contributed by atoms with Gasteiger partial charge in [-0.05, 0) is 42.8 Å². The second kappa shape index (κ2) is 12.5. The summed E-state index contributed by atoms with van der Waals surface area (Å²) in [5, 5.41) is 43.3. The number of nitrogens with zero attached hydrogens (tertiary/aromatic N) is 2. The molecule has 41 heavy (non-hydrogen) atoms. The smallest absolute Gasteiger partial charge is 0.417 e. The van der Waals surface area contributed by atoms with E-state index in [9.17, 15) is 47.3 Å². The summed E-state index contributed by atoms with van der Waals surface area (Å²) in [6.07, 6.45) is -10.7. The van der Waals surface area contributed by atoms with Gasteiger partial charge >= 0.3 is 18.1 Å². The van der Waals surface area contributed by atoms with Gasteiger partial charge in [0.05, 0.1) is 22.5 Å². The van der Waals surface area contributed by atoms with Gasteiger partial charge in [-0.3, -0.25) is 4.79 Å². The first-order valence-corrected chi connectivity index (χ1v) is 11.6. The van der Waals surface area contributed by atoms with Gasteiger partial charge in [0.1, 0.15) is 17.3 Å². The predicted octanol–water partition coefficient (Wildman–Crippen LogP) is 2.57. The van der Waals surface area contributed by atoms with Gasteiger partial charge in [0.25, 0.3) is 5.56 Å². The van der Waals surface area contributed by atoms with Crippen LogP contribution in [-0.4, -0.2) is 54.4 Å². The maximum Gasteiger partial charge on any atom is 0.417 e. The fourth-order valence-corrected chi connectivity index (χ4v) is 3.53. The zero-order valence-corrected chi connectivity index (χ0v) is 21.4. The van der Waals surface area contributed by atoms with Crippen molar-refractivity contribution >= 4 is 29.2 Å². The standard InChI is InChI=1S/C24H20ClF4N3O9/c1-10-4-11(26)2-3-16(10)41-17-7-14(24(27,28)29)15(25)6-13(17)21(36)31-12-5-18(33)32(30-8-12)9-40-23(39)20(35)19(34)22(37)38/h2-8,19-21,31,34-36H,9H2,1H3,(H,37,38). The van der Waals surface area contributed by atoms with Crippen LogP contribution < -0.4 is 15.6 Å². The molecule has 0 fully saturated rings. The third-order valence-corrected chi connectivity index (χ3v) is 5.66. The minimum atomic E-state index is -4.89. The second-order valence-electron chi connectivity index (χ2n) is 8.33. The molecule has 3 rings (SSSR count). The van der Waals surface area contributed by atoms with E-state index >= 15 is 0 Å². The fourth-order valence-electron chi connectivity index (χ4n) is 3.25. The van der Waals surface area contributed by atoms with Gasteiger partial charge in [-0.2, -0.15) is 23.0 Å². The molecule has 220 valence electrons. The Balaban J connectivity index is 1.84. The highest BCUT2D eigenvalue weighted by Gasteiger charge is 2.35. The summed E-state index contributed by atoms with van der Waals surface area (Å²) < 4.78 is 64.6. The molecular weight excluding hydrogens is 586 g/mol. The number of rotatable bonds is 10. The summed E-state index contributed by atoms with van der Waals surface area (Å²) in [4.78, 5) is 34.6. The SMILES string of the molecule is Cc1cc(F)ccc1Oc1cc(C(F)(F)F)c(Cl)cc1C(O)Nc1cnn(COC(=O)C(O)C(O)C(=O)O)c(=O)c1. The van der Waals surface area contributed by atoms with Gasteiger partial charge in [0, 0.05) is 11.6 Å². The molecule has 17 heteroatoms. The molecular formula is C24H20ClF4N3O9. The van der Waals surface area contributed by atoms with Crippen LogP contribution in [0.2, 0.25) is 5.02 Å². The van der Waals surface area contributed by atoms with Crippen LogP contribution in [0.3, 0.4) is 0 Å². The van der Waals surface area contributed by atoms with Crippen molar-refractivity contribution in [3.05, 3.63) is 80.5 Å². The van der Waals surface area contributed by atoms with Gasteiger partial charge in [-0.1, -0.05) is 11.6 Å². The first kappa shape index (κ1) is 31.3. The van der Waals surface area contributed by atoms with E-state index in [2.05, 4.69) is 15.2 Å². The number of benzene rings is 2. The Morgan fingerprint density at radius 1 is 1.10 bits per heavy atom. The zero-order valence-electron chi connectivity index (χ0n) is 20.6. The summed E-state index contributed by atoms with van der Waals surface area (Å²) in [7, 11) is 0. The number of halogens is 5. The number of esters is 1. The average Bonchev–Trinajstić information content (AvgIpc) is 2.88. The number of hydrogen-bond acceptors (Lipinski definition) is 10. The van der Waals surface area contributed by atoms with Crippen LogP contribution in [0, 0.1) is 12.7 Å². The van der Waals surface area contributed by atoms with Crippen molar-refractivity contribution in [1.82, 2.24) is 9.78 Å². The molecule has 0 saturated heterocycles. The number of hydrogen-bond donors (Lipinski definition) is 5. The summed E-state index contributed by atoms with van der Waals surface area (Å²) in [5.74, 6) is -4.58. The van der Waals surface area contributed by atoms with Crippen LogP contribution in [0.4, 0.5) is 23.2 Å². The van der Waals surface area contributed by atoms with E-state index < -0.39 is 71.0 Å². The number of anilines is 1. The number of alkyl halides is 3. The van der Waals surface area contributed by atoms with Crippen molar-refractivity contribution in [2.24, 2.45) is 0 Å². The number of ether oxygens (including phenoxy) is 2. The number of carboxylic acid groups (broad SMARTS) is 1. The summed E-state index contributed by atoms with van der Waals surface area (Å²) >= 11 is 5.82. The molecule has 3 atom stereocenters. The van der Waals surface area contributed by atoms with E-state index in [0.29, 0.717) is 10.7 Å². The maximum absolute atomic E-state index is 13.5. The lowest BCUT2D eigenvalue weighted by molar-refractivity contribution is -0.172. The van der Waals surface area contributed by atoms with Crippen molar-refractivity contribution < 1.29 is 57.1 Å². The molecule has 2 aromatic carbocycles. The number of aliphatic carboxylic acids is 1. The highest BCUT2D eigenvalue weighted by atomic mass is 35.5. The molecule has 5 N–H and O–H groups in total. The summed E-state index contributed by atoms with van der Waals surface area (Å²) in [6.45, 7) is 0.549. The molecule has 0 radical (unpaired) electrons. The molecule has 0 amide bonds. The van der Waals surface area contributed by atoms with Crippen LogP contribution in [0.25, 0.3) is 0 Å². The van der Waals surface area contributed by atoms with Gasteiger partial charge in [-0.25, -0.2) is 14.0 Å². The minimum Gasteiger partial charge on any atom is -0.479 e. The highest BCUT2D eigenvalue weighted by molar-refractivity contribution is 6.31. The third kappa shape index (κ3) is 7.69. The molecule has 3 aromatic rings. The van der Waals surface area contributed by atoms with Crippen molar-refractivity contribution in [2.45, 2.75) is 38.3 Å². The van der Waals surface area contributed by atoms with Gasteiger partial charge in [0.15, 0.2) is 25.2 Å². The van der Waals surface area contributed by atoms with Crippen molar-refractivity contribution in [1.29, 1.82) is 0 Å². The van der Waals surface area contributed by atoms with E-state index in [1.165, 1.54) is 13.0 Å². The monoisotopic (exact) mass is 605 g/mol. The topological polar surface area (TPSA) is 180 Å². The van der Waals surface area contributed by atoms with Crippen LogP contribution in [-0.2, 0) is 27.2 Å². The number of aryl methyl sites for hydroxylation is 1. The van der Waals surface area contributed by atoms with Crippen LogP contribution in [0.15, 0.2) is 47.4 Å². The Labute approximate surface area is 231 Å². The van der Waals surface area contributed by atoms with E-state index in [4.69, 9.17) is 21.4 Å². The Morgan fingerprint density at radius 2 is 1.78 bits per heavy atom. The molecule has 0 bridgehead atoms. The Bertz CT molecular complexity index is 1520. The van der Waals surface area contributed by atoms with Gasteiger partial charge < -0.3 is 35.2 Å². The quantitative estimate of drug-likeness (QED) is 0.130. The Hall–Kier alpha value is -4.25. The van der Waals surface area contributed by atoms with Crippen molar-refractivity contribution in [3.8, 4) is 11.5 Å². The second-order valence-corrected chi connectivity index (χ2v) is 8.74. The largest absolute Gasteiger partial charge is 0.479 e. The first-order chi connectivity index (χ1) is 19.1. The van der Waals surface area contributed by atoms with Crippen LogP contribution in [0.5, 0.6) is 11.5 Å². The molecule has 0 aliphatic rings. The third-order valence-electron chi connectivity index (χ3n) is 5.35. The Morgan fingerprint density at radius 3 is 2.37 bits per heavy atom. The number of aromatic nitrogens is 2. The van der Waals surface area contributed by atoms with E-state index in [1.54, 1.807) is 0 Å². The lowest BCUT2D eigenvalue weighted by Crippen LogP contribution is -2.41. The summed E-state index contributed by atoms with van der Waals surface area (Å²) in [6, 6.07) is 5.46. The number of carbonyl (C=O) groups is 2. The molecule has 0 saturated carbocycles. The maximum atomic E-state index is 13.5. The fraction of sp³-hybridized carbons (Fsp3) is 0.250. The molecule has 0 spiro atoms. The van der Waals surface area contributed by atoms with E-state index in [1.807, 2.05) is 0 Å². The lowest BCUT2D eigenvalue weighted by Gasteiger charge is -2.21. The molecule has 1 heterocycles. The number of carboxylic acids is 1. The zero-order chi connectivity index (χ0) is 30.6. The molecule has 12 nitrogen and oxygen atoms in total. The van der Waals surface area contributed by atoms with Crippen LogP contribution in [0.1, 0.15) is 22.9 Å².